The first kappa shape index (κ1) is 22.4. The van der Waals surface area contributed by atoms with E-state index in [1.807, 2.05) is 66.7 Å². The van der Waals surface area contributed by atoms with Crippen LogP contribution in [0.25, 0.3) is 11.1 Å². The number of alkyl carbamates (subject to hydrolysis) is 1. The predicted octanol–water partition coefficient (Wildman–Crippen LogP) is 4.47. The van der Waals surface area contributed by atoms with Crippen LogP contribution in [-0.4, -0.2) is 39.6 Å². The van der Waals surface area contributed by atoms with Gasteiger partial charge in [-0.25, -0.2) is 9.59 Å². The number of aromatic nitrogens is 2. The number of carbonyl (C=O) groups is 2. The molecule has 1 heterocycles. The fourth-order valence-corrected chi connectivity index (χ4v) is 4.59. The molecule has 1 amide bonds. The molecule has 3 aromatic carbocycles. The third-order valence-electron chi connectivity index (χ3n) is 6.25. The molecule has 5 rings (SSSR count). The van der Waals surface area contributed by atoms with Gasteiger partial charge in [0.15, 0.2) is 0 Å². The summed E-state index contributed by atoms with van der Waals surface area (Å²) in [6, 6.07) is 24.9. The van der Waals surface area contributed by atoms with E-state index in [9.17, 15) is 14.7 Å². The number of hydrogen-bond acceptors (Lipinski definition) is 4. The number of nitrogens with one attached hydrogen (secondary N) is 1. The number of carboxylic acid groups (broad SMARTS) is 1. The second kappa shape index (κ2) is 9.85. The van der Waals surface area contributed by atoms with Crippen LogP contribution in [-0.2, 0) is 22.5 Å². The minimum absolute atomic E-state index is 0.0901. The van der Waals surface area contributed by atoms with Crippen LogP contribution in [0.5, 0.6) is 0 Å². The van der Waals surface area contributed by atoms with Gasteiger partial charge in [0.2, 0.25) is 0 Å². The van der Waals surface area contributed by atoms with E-state index in [0.717, 1.165) is 27.8 Å². The van der Waals surface area contributed by atoms with E-state index in [1.54, 1.807) is 17.1 Å². The molecule has 1 aliphatic carbocycles. The van der Waals surface area contributed by atoms with Gasteiger partial charge >= 0.3 is 12.1 Å². The molecule has 1 unspecified atom stereocenters. The van der Waals surface area contributed by atoms with Gasteiger partial charge in [0.05, 0.1) is 12.7 Å². The van der Waals surface area contributed by atoms with Crippen LogP contribution in [0.15, 0.2) is 91.3 Å². The Hall–Kier alpha value is -4.39. The van der Waals surface area contributed by atoms with Crippen molar-refractivity contribution < 1.29 is 19.4 Å². The van der Waals surface area contributed by atoms with Gasteiger partial charge in [-0.3, -0.25) is 4.68 Å². The summed E-state index contributed by atoms with van der Waals surface area (Å²) in [6.45, 7) is 0.708. The van der Waals surface area contributed by atoms with E-state index < -0.39 is 18.1 Å². The summed E-state index contributed by atoms with van der Waals surface area (Å²) in [5, 5.41) is 16.5. The largest absolute Gasteiger partial charge is 0.480 e. The normalized spacial score (nSPS) is 13.0. The van der Waals surface area contributed by atoms with Gasteiger partial charge in [-0.1, -0.05) is 78.9 Å². The zero-order chi connectivity index (χ0) is 24.2. The van der Waals surface area contributed by atoms with E-state index in [0.29, 0.717) is 12.1 Å². The average molecular weight is 468 g/mol. The van der Waals surface area contributed by atoms with Crippen molar-refractivity contribution in [2.24, 2.45) is 0 Å². The van der Waals surface area contributed by atoms with Gasteiger partial charge < -0.3 is 15.2 Å². The highest BCUT2D eigenvalue weighted by molar-refractivity contribution is 5.81. The number of benzene rings is 3. The SMILES string of the molecule is O=C(NC(Cc1cnn(Cc2ccccc2)c1)C(=O)O)OCC1c2ccccc2-c2ccccc21. The maximum atomic E-state index is 12.6. The van der Waals surface area contributed by atoms with Crippen molar-refractivity contribution in [1.82, 2.24) is 15.1 Å². The van der Waals surface area contributed by atoms with E-state index >= 15 is 0 Å². The second-order valence-electron chi connectivity index (χ2n) is 8.60. The Labute approximate surface area is 203 Å². The third-order valence-corrected chi connectivity index (χ3v) is 6.25. The Bertz CT molecular complexity index is 1300. The molecule has 0 fully saturated rings. The minimum atomic E-state index is -1.13. The molecule has 0 saturated carbocycles. The van der Waals surface area contributed by atoms with Crippen molar-refractivity contribution >= 4 is 12.1 Å². The van der Waals surface area contributed by atoms with Crippen LogP contribution in [0.2, 0.25) is 0 Å². The Balaban J connectivity index is 1.21. The van der Waals surface area contributed by atoms with Crippen LogP contribution in [0, 0.1) is 0 Å². The highest BCUT2D eigenvalue weighted by atomic mass is 16.5. The van der Waals surface area contributed by atoms with Crippen molar-refractivity contribution in [2.75, 3.05) is 6.61 Å². The molecule has 35 heavy (non-hydrogen) atoms. The first-order valence-electron chi connectivity index (χ1n) is 11.5. The van der Waals surface area contributed by atoms with Gasteiger partial charge in [0.1, 0.15) is 12.6 Å². The molecule has 1 atom stereocenters. The van der Waals surface area contributed by atoms with E-state index in [2.05, 4.69) is 22.5 Å². The monoisotopic (exact) mass is 467 g/mol. The Morgan fingerprint density at radius 3 is 2.20 bits per heavy atom. The number of carboxylic acids is 1. The molecule has 0 spiro atoms. The Kier molecular flexibility index (Phi) is 6.30. The van der Waals surface area contributed by atoms with Crippen LogP contribution < -0.4 is 5.32 Å². The molecule has 2 N–H and O–H groups in total. The van der Waals surface area contributed by atoms with E-state index in [-0.39, 0.29) is 18.9 Å². The highest BCUT2D eigenvalue weighted by Gasteiger charge is 2.29. The molecule has 176 valence electrons. The molecule has 0 bridgehead atoms. The number of ether oxygens (including phenoxy) is 1. The molecule has 7 heteroatoms. The lowest BCUT2D eigenvalue weighted by molar-refractivity contribution is -0.139. The van der Waals surface area contributed by atoms with E-state index in [4.69, 9.17) is 4.74 Å². The van der Waals surface area contributed by atoms with Crippen molar-refractivity contribution in [1.29, 1.82) is 0 Å². The molecule has 4 aromatic rings. The quantitative estimate of drug-likeness (QED) is 0.399. The van der Waals surface area contributed by atoms with Gasteiger partial charge in [-0.15, -0.1) is 0 Å². The summed E-state index contributed by atoms with van der Waals surface area (Å²) < 4.78 is 7.25. The maximum Gasteiger partial charge on any atom is 0.407 e. The van der Waals surface area contributed by atoms with Crippen molar-refractivity contribution in [3.8, 4) is 11.1 Å². The summed E-state index contributed by atoms with van der Waals surface area (Å²) in [4.78, 5) is 24.4. The van der Waals surface area contributed by atoms with Crippen molar-refractivity contribution in [2.45, 2.75) is 24.9 Å². The average Bonchev–Trinajstić information content (AvgIpc) is 3.45. The molecule has 1 aromatic heterocycles. The van der Waals surface area contributed by atoms with E-state index in [1.165, 1.54) is 0 Å². The molecule has 0 aliphatic heterocycles. The highest BCUT2D eigenvalue weighted by Crippen LogP contribution is 2.44. The molecule has 7 nitrogen and oxygen atoms in total. The zero-order valence-corrected chi connectivity index (χ0v) is 19.0. The summed E-state index contributed by atoms with van der Waals surface area (Å²) >= 11 is 0. The van der Waals surface area contributed by atoms with Gasteiger partial charge in [0, 0.05) is 18.5 Å². The summed E-state index contributed by atoms with van der Waals surface area (Å²) in [5.74, 6) is -1.22. The van der Waals surface area contributed by atoms with Crippen molar-refractivity contribution in [3.63, 3.8) is 0 Å². The number of nitrogens with zero attached hydrogens (tertiary/aromatic N) is 2. The van der Waals surface area contributed by atoms with Crippen LogP contribution in [0.3, 0.4) is 0 Å². The topological polar surface area (TPSA) is 93.5 Å². The molecule has 0 radical (unpaired) electrons. The predicted molar refractivity (Wildman–Crippen MR) is 131 cm³/mol. The number of aliphatic carboxylic acids is 1. The Morgan fingerprint density at radius 1 is 0.914 bits per heavy atom. The first-order chi connectivity index (χ1) is 17.1. The third kappa shape index (κ3) is 4.94. The molecule has 1 aliphatic rings. The number of fused-ring (bicyclic) bond motifs is 3. The number of amides is 1. The molecule has 0 saturated heterocycles. The summed E-state index contributed by atoms with van der Waals surface area (Å²) in [6.07, 6.45) is 2.77. The standard InChI is InChI=1S/C28H25N3O4/c32-27(33)26(14-20-15-29-31(17-20)16-19-8-2-1-3-9-19)30-28(34)35-18-25-23-12-6-4-10-21(23)22-11-5-7-13-24(22)25/h1-13,15,17,25-26H,14,16,18H2,(H,30,34)(H,32,33). The van der Waals surface area contributed by atoms with Gasteiger partial charge in [-0.2, -0.15) is 5.10 Å². The van der Waals surface area contributed by atoms with Crippen LogP contribution in [0.1, 0.15) is 28.2 Å². The maximum absolute atomic E-state index is 12.6. The van der Waals surface area contributed by atoms with Crippen LogP contribution in [0.4, 0.5) is 4.79 Å². The number of hydrogen-bond donors (Lipinski definition) is 2. The zero-order valence-electron chi connectivity index (χ0n) is 19.0. The molecular formula is C28H25N3O4. The lowest BCUT2D eigenvalue weighted by atomic mass is 9.98. The first-order valence-corrected chi connectivity index (χ1v) is 11.5. The van der Waals surface area contributed by atoms with Crippen molar-refractivity contribution in [3.05, 3.63) is 114 Å². The number of rotatable bonds is 8. The Morgan fingerprint density at radius 2 is 1.54 bits per heavy atom. The molecular weight excluding hydrogens is 442 g/mol. The lowest BCUT2D eigenvalue weighted by Gasteiger charge is -2.17. The van der Waals surface area contributed by atoms with Gasteiger partial charge in [-0.05, 0) is 33.4 Å². The second-order valence-corrected chi connectivity index (χ2v) is 8.60. The summed E-state index contributed by atoms with van der Waals surface area (Å²) in [7, 11) is 0. The fraction of sp³-hybridized carbons (Fsp3) is 0.179. The van der Waals surface area contributed by atoms with Crippen LogP contribution >= 0.6 is 0 Å². The smallest absolute Gasteiger partial charge is 0.407 e. The fourth-order valence-electron chi connectivity index (χ4n) is 4.59. The lowest BCUT2D eigenvalue weighted by Crippen LogP contribution is -2.42. The van der Waals surface area contributed by atoms with Gasteiger partial charge in [0.25, 0.3) is 0 Å². The summed E-state index contributed by atoms with van der Waals surface area (Å²) in [5.41, 5.74) is 6.27. The number of carbonyl (C=O) groups excluding carboxylic acids is 1. The minimum Gasteiger partial charge on any atom is -0.480 e.